The van der Waals surface area contributed by atoms with E-state index in [-0.39, 0.29) is 56.3 Å². The SMILES string of the molecule is NC(=O)Nc1ccc(S(=O)(=O)[O-])cc1.[K+]. The molecule has 3 N–H and O–H groups in total. The predicted molar refractivity (Wildman–Crippen MR) is 47.6 cm³/mol. The third kappa shape index (κ3) is 5.07. The van der Waals surface area contributed by atoms with Gasteiger partial charge in [0.1, 0.15) is 10.1 Å². The summed E-state index contributed by atoms with van der Waals surface area (Å²) in [6, 6.07) is 3.97. The molecule has 0 saturated carbocycles. The fourth-order valence-electron chi connectivity index (χ4n) is 0.847. The molecule has 0 aliphatic carbocycles. The van der Waals surface area contributed by atoms with E-state index in [0.717, 1.165) is 12.1 Å². The molecule has 1 rings (SSSR count). The van der Waals surface area contributed by atoms with Crippen molar-refractivity contribution in [3.8, 4) is 0 Å². The van der Waals surface area contributed by atoms with Crippen LogP contribution in [0.15, 0.2) is 29.2 Å². The second kappa shape index (κ2) is 5.94. The Morgan fingerprint density at radius 3 is 2.07 bits per heavy atom. The van der Waals surface area contributed by atoms with Crippen molar-refractivity contribution < 1.29 is 69.1 Å². The molecule has 0 aliphatic heterocycles. The van der Waals surface area contributed by atoms with E-state index in [9.17, 15) is 17.8 Å². The summed E-state index contributed by atoms with van der Waals surface area (Å²) >= 11 is 0. The molecule has 0 saturated heterocycles. The molecule has 2 amide bonds. The Morgan fingerprint density at radius 1 is 1.27 bits per heavy atom. The second-order valence-electron chi connectivity index (χ2n) is 2.47. The van der Waals surface area contributed by atoms with E-state index in [1.807, 2.05) is 0 Å². The standard InChI is InChI=1S/C7H8N2O4S.K/c8-7(10)9-5-1-3-6(4-2-5)14(11,12)13;/h1-4H,(H3,8,9,10)(H,11,12,13);/q;+1/p-1. The van der Waals surface area contributed by atoms with Gasteiger partial charge in [0.05, 0.1) is 4.90 Å². The monoisotopic (exact) mass is 254 g/mol. The molecule has 0 spiro atoms. The van der Waals surface area contributed by atoms with Crippen LogP contribution in [0.1, 0.15) is 0 Å². The van der Waals surface area contributed by atoms with Crippen LogP contribution in [0, 0.1) is 0 Å². The molecule has 0 radical (unpaired) electrons. The molecule has 0 heterocycles. The Labute approximate surface area is 129 Å². The maximum Gasteiger partial charge on any atom is 1.00 e. The summed E-state index contributed by atoms with van der Waals surface area (Å²) in [5.74, 6) is 0. The summed E-state index contributed by atoms with van der Waals surface area (Å²) in [4.78, 5) is 10.0. The van der Waals surface area contributed by atoms with Gasteiger partial charge in [-0.2, -0.15) is 0 Å². The Morgan fingerprint density at radius 2 is 1.73 bits per heavy atom. The molecular formula is C7H7KN2O4S. The van der Waals surface area contributed by atoms with E-state index in [0.29, 0.717) is 5.69 Å². The summed E-state index contributed by atoms with van der Waals surface area (Å²) in [5, 5.41) is 2.23. The molecule has 0 aromatic heterocycles. The van der Waals surface area contributed by atoms with Gasteiger partial charge in [-0.25, -0.2) is 13.2 Å². The van der Waals surface area contributed by atoms with Crippen molar-refractivity contribution in [3.63, 3.8) is 0 Å². The molecule has 0 atom stereocenters. The second-order valence-corrected chi connectivity index (χ2v) is 3.85. The Kier molecular flexibility index (Phi) is 5.96. The zero-order valence-electron chi connectivity index (χ0n) is 7.93. The van der Waals surface area contributed by atoms with E-state index >= 15 is 0 Å². The normalized spacial score (nSPS) is 10.2. The van der Waals surface area contributed by atoms with Crippen LogP contribution in [0.4, 0.5) is 10.5 Å². The zero-order chi connectivity index (χ0) is 10.8. The number of carbonyl (C=O) groups excluding carboxylic acids is 1. The van der Waals surface area contributed by atoms with Crippen LogP contribution in [0.5, 0.6) is 0 Å². The van der Waals surface area contributed by atoms with E-state index in [2.05, 4.69) is 5.32 Å². The number of amides is 2. The van der Waals surface area contributed by atoms with E-state index in [1.165, 1.54) is 12.1 Å². The topological polar surface area (TPSA) is 112 Å². The summed E-state index contributed by atoms with van der Waals surface area (Å²) in [6.07, 6.45) is 0. The third-order valence-electron chi connectivity index (χ3n) is 1.41. The number of anilines is 1. The summed E-state index contributed by atoms with van der Waals surface area (Å²) < 4.78 is 31.5. The number of benzene rings is 1. The van der Waals surface area contributed by atoms with Crippen LogP contribution in [0.2, 0.25) is 0 Å². The number of nitrogens with one attached hydrogen (secondary N) is 1. The zero-order valence-corrected chi connectivity index (χ0v) is 11.9. The first-order valence-electron chi connectivity index (χ1n) is 3.52. The van der Waals surface area contributed by atoms with Crippen LogP contribution in [0.25, 0.3) is 0 Å². The Balaban J connectivity index is 0.00000196. The Hall–Kier alpha value is 0.0364. The number of urea groups is 1. The fourth-order valence-corrected chi connectivity index (χ4v) is 1.32. The van der Waals surface area contributed by atoms with Crippen molar-refractivity contribution in [2.45, 2.75) is 4.90 Å². The van der Waals surface area contributed by atoms with Gasteiger partial charge in [-0.15, -0.1) is 0 Å². The third-order valence-corrected chi connectivity index (χ3v) is 2.26. The molecular weight excluding hydrogens is 247 g/mol. The maximum absolute atomic E-state index is 10.5. The van der Waals surface area contributed by atoms with Crippen molar-refractivity contribution in [2.24, 2.45) is 5.73 Å². The van der Waals surface area contributed by atoms with Crippen molar-refractivity contribution in [3.05, 3.63) is 24.3 Å². The minimum atomic E-state index is -4.44. The number of carbonyl (C=O) groups is 1. The molecule has 8 heteroatoms. The minimum Gasteiger partial charge on any atom is -0.744 e. The van der Waals surface area contributed by atoms with Crippen LogP contribution < -0.4 is 62.4 Å². The molecule has 76 valence electrons. The van der Waals surface area contributed by atoms with Crippen molar-refractivity contribution in [1.29, 1.82) is 0 Å². The van der Waals surface area contributed by atoms with Crippen LogP contribution in [0.3, 0.4) is 0 Å². The molecule has 6 nitrogen and oxygen atoms in total. The smallest absolute Gasteiger partial charge is 0.744 e. The quantitative estimate of drug-likeness (QED) is 0.435. The van der Waals surface area contributed by atoms with Gasteiger partial charge in [0, 0.05) is 5.69 Å². The van der Waals surface area contributed by atoms with Gasteiger partial charge >= 0.3 is 57.4 Å². The van der Waals surface area contributed by atoms with Crippen molar-refractivity contribution in [1.82, 2.24) is 0 Å². The maximum atomic E-state index is 10.5. The molecule has 0 bridgehead atoms. The number of primary amides is 1. The summed E-state index contributed by atoms with van der Waals surface area (Å²) in [5.41, 5.74) is 5.14. The van der Waals surface area contributed by atoms with Crippen LogP contribution in [-0.4, -0.2) is 19.0 Å². The first kappa shape index (κ1) is 15.0. The summed E-state index contributed by atoms with van der Waals surface area (Å²) in [7, 11) is -4.44. The Bertz CT molecular complexity index is 443. The predicted octanol–water partition coefficient (Wildman–Crippen LogP) is -2.91. The van der Waals surface area contributed by atoms with Gasteiger partial charge in [-0.1, -0.05) is 0 Å². The molecule has 15 heavy (non-hydrogen) atoms. The van der Waals surface area contributed by atoms with Gasteiger partial charge < -0.3 is 15.6 Å². The van der Waals surface area contributed by atoms with Gasteiger partial charge in [0.2, 0.25) is 0 Å². The first-order chi connectivity index (χ1) is 6.39. The van der Waals surface area contributed by atoms with Gasteiger partial charge in [-0.3, -0.25) is 0 Å². The van der Waals surface area contributed by atoms with Gasteiger partial charge in [0.25, 0.3) is 0 Å². The molecule has 0 fully saturated rings. The van der Waals surface area contributed by atoms with E-state index < -0.39 is 16.1 Å². The van der Waals surface area contributed by atoms with Crippen LogP contribution in [-0.2, 0) is 10.1 Å². The van der Waals surface area contributed by atoms with E-state index in [1.54, 1.807) is 0 Å². The average molecular weight is 254 g/mol. The number of nitrogens with two attached hydrogens (primary N) is 1. The van der Waals surface area contributed by atoms with Crippen LogP contribution >= 0.6 is 0 Å². The number of rotatable bonds is 2. The fraction of sp³-hybridized carbons (Fsp3) is 0. The van der Waals surface area contributed by atoms with Crippen molar-refractivity contribution >= 4 is 21.8 Å². The molecule has 0 unspecified atom stereocenters. The molecule has 0 aliphatic rings. The van der Waals surface area contributed by atoms with Gasteiger partial charge in [-0.05, 0) is 24.3 Å². The number of hydrogen-bond donors (Lipinski definition) is 2. The molecule has 1 aromatic rings. The largest absolute Gasteiger partial charge is 1.00 e. The van der Waals surface area contributed by atoms with Crippen molar-refractivity contribution in [2.75, 3.05) is 5.32 Å². The summed E-state index contributed by atoms with van der Waals surface area (Å²) in [6.45, 7) is 0. The average Bonchev–Trinajstić information content (AvgIpc) is 2.02. The molecule has 1 aromatic carbocycles. The number of hydrogen-bond acceptors (Lipinski definition) is 4. The first-order valence-corrected chi connectivity index (χ1v) is 4.93. The minimum absolute atomic E-state index is 0. The van der Waals surface area contributed by atoms with Gasteiger partial charge in [0.15, 0.2) is 0 Å². The van der Waals surface area contributed by atoms with E-state index in [4.69, 9.17) is 5.73 Å².